The van der Waals surface area contributed by atoms with Gasteiger partial charge in [0.05, 0.1) is 24.9 Å². The second-order valence-corrected chi connectivity index (χ2v) is 12.2. The molecule has 4 amide bonds. The number of halogens is 2. The Bertz CT molecular complexity index is 1280. The van der Waals surface area contributed by atoms with Gasteiger partial charge in [0.25, 0.3) is 11.8 Å². The third-order valence-corrected chi connectivity index (χ3v) is 8.35. The number of rotatable bonds is 16. The fourth-order valence-electron chi connectivity index (χ4n) is 3.81. The Balaban J connectivity index is 1.78. The Kier molecular flexibility index (Phi) is 14.3. The molecule has 0 aliphatic carbocycles. The van der Waals surface area contributed by atoms with Crippen molar-refractivity contribution in [3.8, 4) is 6.07 Å². The van der Waals surface area contributed by atoms with Crippen LogP contribution in [0.15, 0.2) is 18.3 Å². The number of ether oxygens (including phenoxy) is 1. The van der Waals surface area contributed by atoms with E-state index < -0.39 is 72.6 Å². The van der Waals surface area contributed by atoms with Gasteiger partial charge in [0, 0.05) is 49.5 Å². The highest BCUT2D eigenvalue weighted by Crippen LogP contribution is 2.32. The number of hydrogen-bond donors (Lipinski definition) is 4. The summed E-state index contributed by atoms with van der Waals surface area (Å²) < 4.78 is 32.2. The van der Waals surface area contributed by atoms with Crippen molar-refractivity contribution in [3.63, 3.8) is 0 Å². The molecule has 0 saturated carbocycles. The maximum atomic E-state index is 13.7. The number of nitrogens with zero attached hydrogens (tertiary/aromatic N) is 3. The van der Waals surface area contributed by atoms with Crippen LogP contribution in [-0.2, 0) is 35.3 Å². The molecule has 0 radical (unpaired) electrons. The van der Waals surface area contributed by atoms with Crippen LogP contribution < -0.4 is 16.0 Å². The summed E-state index contributed by atoms with van der Waals surface area (Å²) in [4.78, 5) is 76.7. The molecule has 0 spiro atoms. The van der Waals surface area contributed by atoms with Gasteiger partial charge < -0.3 is 30.7 Å². The van der Waals surface area contributed by atoms with Crippen LogP contribution in [0.2, 0.25) is 0 Å². The average molecular weight is 659 g/mol. The van der Waals surface area contributed by atoms with E-state index in [1.54, 1.807) is 6.07 Å². The van der Waals surface area contributed by atoms with E-state index in [2.05, 4.69) is 20.9 Å². The van der Waals surface area contributed by atoms with Crippen LogP contribution in [-0.4, -0.2) is 99.3 Å². The second kappa shape index (κ2) is 17.3. The summed E-state index contributed by atoms with van der Waals surface area (Å²) >= 11 is 0. The molecule has 2 rings (SSSR count). The molecule has 240 valence electrons. The summed E-state index contributed by atoms with van der Waals surface area (Å²) in [6, 6.07) is 0.693. The van der Waals surface area contributed by atoms with E-state index in [1.165, 1.54) is 53.8 Å². The summed E-state index contributed by atoms with van der Waals surface area (Å²) in [6.07, 6.45) is -0.0108. The fraction of sp³-hybridized carbons (Fsp3) is 0.538. The number of aliphatic carboxylic acids is 1. The van der Waals surface area contributed by atoms with E-state index >= 15 is 0 Å². The molecule has 1 aliphatic heterocycles. The number of likely N-dealkylation sites (tertiary alicyclic amines) is 1. The first kappa shape index (κ1) is 36.2. The number of nitriles is 1. The number of esters is 1. The van der Waals surface area contributed by atoms with E-state index in [-0.39, 0.29) is 43.0 Å². The van der Waals surface area contributed by atoms with Crippen LogP contribution in [0.4, 0.5) is 8.78 Å². The highest BCUT2D eigenvalue weighted by atomic mass is 33.1. The first-order chi connectivity index (χ1) is 20.7. The van der Waals surface area contributed by atoms with Crippen molar-refractivity contribution >= 4 is 57.2 Å². The molecule has 1 aromatic heterocycles. The maximum absolute atomic E-state index is 13.7. The molecule has 3 atom stereocenters. The quantitative estimate of drug-likeness (QED) is 0.111. The summed E-state index contributed by atoms with van der Waals surface area (Å²) in [6.45, 7) is 1.74. The lowest BCUT2D eigenvalue weighted by Crippen LogP contribution is -2.48. The SMILES string of the molecule is CC(=O)OCCSSCC(NC(=O)CCC(=O)NCc1cc(C(=O)N[C@H](C)C(=O)N2CC(F)(F)C[C@H]2C#N)ccn1)C(=O)O. The Hall–Kier alpha value is -3.98. The molecule has 4 N–H and O–H groups in total. The molecule has 1 aliphatic rings. The van der Waals surface area contributed by atoms with Gasteiger partial charge in [0.1, 0.15) is 24.7 Å². The minimum atomic E-state index is -3.19. The number of pyridine rings is 1. The van der Waals surface area contributed by atoms with Gasteiger partial charge in [-0.25, -0.2) is 13.6 Å². The first-order valence-electron chi connectivity index (χ1n) is 13.2. The van der Waals surface area contributed by atoms with Crippen molar-refractivity contribution in [1.82, 2.24) is 25.8 Å². The third kappa shape index (κ3) is 12.3. The van der Waals surface area contributed by atoms with Gasteiger partial charge in [-0.05, 0) is 19.1 Å². The topological polar surface area (TPSA) is 208 Å². The van der Waals surface area contributed by atoms with Gasteiger partial charge in [-0.15, -0.1) is 0 Å². The molecule has 2 heterocycles. The predicted octanol–water partition coefficient (Wildman–Crippen LogP) is 0.870. The van der Waals surface area contributed by atoms with E-state index in [1.807, 2.05) is 0 Å². The van der Waals surface area contributed by atoms with Crippen LogP contribution in [0.25, 0.3) is 0 Å². The summed E-state index contributed by atoms with van der Waals surface area (Å²) in [7, 11) is 2.47. The lowest BCUT2D eigenvalue weighted by Gasteiger charge is -2.23. The van der Waals surface area contributed by atoms with Crippen LogP contribution >= 0.6 is 21.6 Å². The molecule has 1 fully saturated rings. The number of alkyl halides is 2. The molecule has 14 nitrogen and oxygen atoms in total. The minimum absolute atomic E-state index is 0.0507. The average Bonchev–Trinajstić information content (AvgIpc) is 3.29. The summed E-state index contributed by atoms with van der Waals surface area (Å²) in [5.41, 5.74) is 0.348. The zero-order valence-electron chi connectivity index (χ0n) is 23.8. The third-order valence-electron chi connectivity index (χ3n) is 5.97. The van der Waals surface area contributed by atoms with Gasteiger partial charge in [0.2, 0.25) is 17.7 Å². The zero-order valence-corrected chi connectivity index (χ0v) is 25.5. The van der Waals surface area contributed by atoms with Crippen LogP contribution in [0, 0.1) is 11.3 Å². The lowest BCUT2D eigenvalue weighted by molar-refractivity contribution is -0.141. The van der Waals surface area contributed by atoms with Crippen molar-refractivity contribution < 1.29 is 47.4 Å². The number of aromatic nitrogens is 1. The number of carbonyl (C=O) groups excluding carboxylic acids is 5. The van der Waals surface area contributed by atoms with Crippen LogP contribution in [0.1, 0.15) is 49.2 Å². The molecule has 1 saturated heterocycles. The van der Waals surface area contributed by atoms with E-state index in [9.17, 15) is 42.7 Å². The normalized spacial score (nSPS) is 16.6. The fourth-order valence-corrected chi connectivity index (χ4v) is 5.79. The van der Waals surface area contributed by atoms with Crippen molar-refractivity contribution in [2.75, 3.05) is 24.7 Å². The van der Waals surface area contributed by atoms with Gasteiger partial charge >= 0.3 is 11.9 Å². The molecule has 44 heavy (non-hydrogen) atoms. The summed E-state index contributed by atoms with van der Waals surface area (Å²) in [5, 5.41) is 25.7. The second-order valence-electron chi connectivity index (χ2n) is 9.58. The van der Waals surface area contributed by atoms with Gasteiger partial charge in [-0.1, -0.05) is 21.6 Å². The predicted molar refractivity (Wildman–Crippen MR) is 154 cm³/mol. The van der Waals surface area contributed by atoms with Gasteiger partial charge in [0.15, 0.2) is 0 Å². The first-order valence-corrected chi connectivity index (χ1v) is 15.7. The standard InChI is InChI=1S/C26H32F2N6O8S2/c1-15(24(39)34-14-26(27,28)10-19(34)11-29)32-23(38)17-5-6-30-18(9-17)12-31-21(36)3-4-22(37)33-20(25(40)41)13-44-43-8-7-42-16(2)35/h5-6,9,15,19-20H,3-4,7-8,10,12-14H2,1-2H3,(H,31,36)(H,32,38)(H,33,37)(H,40,41)/t15-,19+,20?/m1/s1. The molecular weight excluding hydrogens is 626 g/mol. The molecule has 1 aromatic rings. The number of amides is 4. The van der Waals surface area contributed by atoms with Crippen molar-refractivity contribution in [1.29, 1.82) is 5.26 Å². The molecule has 18 heteroatoms. The zero-order chi connectivity index (χ0) is 32.9. The molecule has 0 bridgehead atoms. The highest BCUT2D eigenvalue weighted by Gasteiger charge is 2.48. The maximum Gasteiger partial charge on any atom is 0.327 e. The Morgan fingerprint density at radius 2 is 1.91 bits per heavy atom. The Morgan fingerprint density at radius 1 is 1.20 bits per heavy atom. The summed E-state index contributed by atoms with van der Waals surface area (Å²) in [5.74, 6) is -7.06. The smallest absolute Gasteiger partial charge is 0.327 e. The number of hydrogen-bond acceptors (Lipinski definition) is 11. The number of nitrogens with one attached hydrogen (secondary N) is 3. The van der Waals surface area contributed by atoms with Gasteiger partial charge in [-0.2, -0.15) is 5.26 Å². The number of carbonyl (C=O) groups is 6. The monoisotopic (exact) mass is 658 g/mol. The highest BCUT2D eigenvalue weighted by molar-refractivity contribution is 8.76. The number of carboxylic acid groups (broad SMARTS) is 1. The van der Waals surface area contributed by atoms with Crippen LogP contribution in [0.5, 0.6) is 0 Å². The largest absolute Gasteiger partial charge is 0.480 e. The number of carboxylic acids is 1. The van der Waals surface area contributed by atoms with E-state index in [0.717, 1.165) is 4.90 Å². The molecular formula is C26H32F2N6O8S2. The van der Waals surface area contributed by atoms with Crippen LogP contribution in [0.3, 0.4) is 0 Å². The Labute approximate surface area is 259 Å². The van der Waals surface area contributed by atoms with Crippen molar-refractivity contribution in [3.05, 3.63) is 29.6 Å². The van der Waals surface area contributed by atoms with Gasteiger partial charge in [-0.3, -0.25) is 29.0 Å². The Morgan fingerprint density at radius 3 is 2.57 bits per heavy atom. The molecule has 0 aromatic carbocycles. The van der Waals surface area contributed by atoms with Crippen molar-refractivity contribution in [2.45, 2.75) is 63.7 Å². The van der Waals surface area contributed by atoms with E-state index in [0.29, 0.717) is 5.75 Å². The van der Waals surface area contributed by atoms with E-state index in [4.69, 9.17) is 10.00 Å². The molecule has 1 unspecified atom stereocenters. The minimum Gasteiger partial charge on any atom is -0.480 e. The lowest BCUT2D eigenvalue weighted by atomic mass is 10.1. The van der Waals surface area contributed by atoms with Crippen molar-refractivity contribution in [2.24, 2.45) is 0 Å².